The Morgan fingerprint density at radius 1 is 0.656 bits per heavy atom. The fourth-order valence-electron chi connectivity index (χ4n) is 12.5. The summed E-state index contributed by atoms with van der Waals surface area (Å²) in [6.07, 6.45) is 7.20. The molecule has 0 saturated heterocycles. The molecule has 682 valence electrons. The van der Waals surface area contributed by atoms with Crippen molar-refractivity contribution >= 4 is 260 Å². The molecule has 1 fully saturated rings. The van der Waals surface area contributed by atoms with Crippen LogP contribution < -0.4 is 10.5 Å². The van der Waals surface area contributed by atoms with Crippen molar-refractivity contribution in [3.63, 3.8) is 0 Å². The molecule has 5 N–H and O–H groups in total. The first kappa shape index (κ1) is 110. The van der Waals surface area contributed by atoms with Crippen LogP contribution in [0.5, 0.6) is 0 Å². The molecule has 128 heavy (non-hydrogen) atoms. The fraction of sp³-hybridized carbons (Fsp3) is 0.293. The molecule has 3 aliphatic rings. The standard InChI is InChI=1S/C24H25ClN4O6S2.C15H23ClO2Si.C14H11ClO2S.C9H8BrClO2.C8H5BrClN.C8H8BrClO.C7H5Br2Cl.C7H6BrCl/c25-18-3-1-2-13-4-5-34-23(21(13)18)15-7-20(36-11-15)22(31)17-9-27-12-28-24(17)29-16-6-14(19(30)8-16)10-35-37(26,32)33;1-15(2,3)19(4,5)18-10-9-12-7-6-8-14(16)13(12)11-17;15-12-3-1-2-9-4-5-17-14(13(9)12)10-6-11(7-16)18-8-10;1-13-8(12)5-6-3-2-4-7(11)9(6)10;1-11-5-6-3-2-4-7(10)8(6)9;9-8-6(4-5-11)2-1-3-7(8)10;8-4-5-2-1-3-6(10)7(5)9;1-5-3-2-4-6(9)7(5)8/h1-3,7,9,11-12,14,16,19,23,30H,4-6,8,10H2,(H2,26,32,33)(H,27,28,29);6-8,11H,9-10H2,1-5H3;1-3,6-8,14H,4-5H2;2-4H,5H2,1H3;2-4H,5H2;1-3,11H,4-5H2;1-3H,4H2;2-4H,1H3/t14-,16-,19+,23?;;;;;;;/m1......./s1. The number of aliphatic hydroxyl groups excluding tert-OH is 2. The summed E-state index contributed by atoms with van der Waals surface area (Å²) in [5.74, 6) is -0.616. The molecule has 0 spiro atoms. The van der Waals surface area contributed by atoms with Crippen molar-refractivity contribution in [3.05, 3.63) is 343 Å². The first-order chi connectivity index (χ1) is 60.8. The molecule has 2 aliphatic heterocycles. The number of methoxy groups -OCH3 is 1. The van der Waals surface area contributed by atoms with Gasteiger partial charge in [-0.2, -0.15) is 8.42 Å². The number of anilines is 1. The van der Waals surface area contributed by atoms with Crippen LogP contribution in [0.4, 0.5) is 5.82 Å². The van der Waals surface area contributed by atoms with E-state index < -0.39 is 30.6 Å². The maximum atomic E-state index is 13.5. The number of hydrogen-bond acceptors (Lipinski definition) is 18. The summed E-state index contributed by atoms with van der Waals surface area (Å²) in [6.45, 7) is 22.0. The number of carbonyl (C=O) groups is 4. The fourth-order valence-corrected chi connectivity index (χ4v) is 20.1. The van der Waals surface area contributed by atoms with E-state index in [4.69, 9.17) is 124 Å². The summed E-state index contributed by atoms with van der Waals surface area (Å²) in [7, 11) is -4.46. The number of nitrogens with zero attached hydrogens (tertiary/aromatic N) is 3. The molecule has 8 aromatic carbocycles. The monoisotopic (exact) mass is 2350 g/mol. The summed E-state index contributed by atoms with van der Waals surface area (Å²) >= 11 is 70.6. The Morgan fingerprint density at radius 2 is 1.14 bits per heavy atom. The Hall–Kier alpha value is -4.90. The van der Waals surface area contributed by atoms with E-state index in [9.17, 15) is 32.7 Å². The SMILES string of the molecule is CC(C)(C)[Si](C)(C)OCCc1cccc(Cl)c1C=O.COC(=O)Cc1cccc(Cl)c1Br.Cc1cccc(Cl)c1Br.Clc1cccc(CBr)c1Br.NS(=O)(=O)OC[C@H]1C[C@@H](Nc2ncncc2C(=O)c2cc(C3OCCc4cccc(Cl)c43)cs2)C[C@@H]1O.O=Cc1cc(C2OCCc3cccc(Cl)c32)cs1.OCCc1cccc(Cl)c1Br.[C-]#[N+]Cc1cccc(Cl)c1Br. The quantitative estimate of drug-likeness (QED) is 0.0130. The Kier molecular flexibility index (Phi) is 47.0. The molecular weight excluding hydrogens is 2270 g/mol. The highest BCUT2D eigenvalue weighted by Crippen LogP contribution is 2.43. The van der Waals surface area contributed by atoms with Crippen LogP contribution in [0.3, 0.4) is 0 Å². The number of ketones is 1. The van der Waals surface area contributed by atoms with E-state index in [1.165, 1.54) is 59.0 Å². The van der Waals surface area contributed by atoms with Crippen molar-refractivity contribution < 1.29 is 60.6 Å². The van der Waals surface area contributed by atoms with Crippen molar-refractivity contribution in [2.45, 2.75) is 127 Å². The molecule has 5 heterocycles. The molecule has 1 aliphatic carbocycles. The number of esters is 1. The van der Waals surface area contributed by atoms with Gasteiger partial charge < -0.3 is 39.0 Å². The topological polar surface area (TPSA) is 257 Å². The molecule has 14 rings (SSSR count). The van der Waals surface area contributed by atoms with Gasteiger partial charge in [-0.3, -0.25) is 23.4 Å². The smallest absolute Gasteiger partial charge is 0.333 e. The maximum absolute atomic E-state index is 13.5. The number of ether oxygens (including phenoxy) is 3. The molecule has 0 amide bonds. The largest absolute Gasteiger partial charge is 0.469 e. The Balaban J connectivity index is 0.000000212. The van der Waals surface area contributed by atoms with Crippen molar-refractivity contribution in [2.24, 2.45) is 11.1 Å². The lowest BCUT2D eigenvalue weighted by atomic mass is 9.94. The van der Waals surface area contributed by atoms with Crippen LogP contribution in [-0.2, 0) is 81.9 Å². The minimum Gasteiger partial charge on any atom is -0.469 e. The van der Waals surface area contributed by atoms with Crippen LogP contribution in [0.15, 0.2) is 203 Å². The number of nitrogens with two attached hydrogens (primary N) is 1. The lowest BCUT2D eigenvalue weighted by Gasteiger charge is -2.36. The number of benzene rings is 8. The van der Waals surface area contributed by atoms with Gasteiger partial charge in [-0.25, -0.2) is 21.7 Å². The van der Waals surface area contributed by atoms with Crippen molar-refractivity contribution in [3.8, 4) is 0 Å². The minimum absolute atomic E-state index is 0.146. The van der Waals surface area contributed by atoms with Gasteiger partial charge in [0.25, 0.3) is 0 Å². The van der Waals surface area contributed by atoms with Crippen LogP contribution in [0.2, 0.25) is 58.3 Å². The lowest BCUT2D eigenvalue weighted by molar-refractivity contribution is -0.139. The van der Waals surface area contributed by atoms with E-state index in [1.54, 1.807) is 24.3 Å². The van der Waals surface area contributed by atoms with Crippen molar-refractivity contribution in [1.29, 1.82) is 0 Å². The Bertz CT molecular complexity index is 5720. The first-order valence-corrected chi connectivity index (χ1v) is 53.5. The number of halogens is 14. The number of rotatable bonds is 21. The Labute approximate surface area is 847 Å². The zero-order chi connectivity index (χ0) is 94.2. The second kappa shape index (κ2) is 54.6. The second-order valence-corrected chi connectivity index (χ2v) is 45.7. The van der Waals surface area contributed by atoms with Crippen LogP contribution in [0.1, 0.15) is 148 Å². The summed E-state index contributed by atoms with van der Waals surface area (Å²) < 4.78 is 53.8. The zero-order valence-electron chi connectivity index (χ0n) is 70.1. The van der Waals surface area contributed by atoms with Crippen LogP contribution >= 0.6 is 211 Å². The third kappa shape index (κ3) is 33.6. The highest BCUT2D eigenvalue weighted by molar-refractivity contribution is 9.11. The number of aryl methyl sites for hydroxylation is 1. The number of aliphatic hydroxyl groups is 2. The predicted octanol–water partition coefficient (Wildman–Crippen LogP) is 27.8. The number of aromatic nitrogens is 2. The molecule has 36 heteroatoms. The third-order valence-corrected chi connectivity index (χ3v) is 36.2. The molecule has 0 bridgehead atoms. The normalized spacial score (nSPS) is 15.4. The van der Waals surface area contributed by atoms with Gasteiger partial charge in [-0.05, 0) is 265 Å². The van der Waals surface area contributed by atoms with Crippen LogP contribution in [0.25, 0.3) is 4.85 Å². The molecule has 5 atom stereocenters. The lowest BCUT2D eigenvalue weighted by Crippen LogP contribution is -2.41. The van der Waals surface area contributed by atoms with Crippen LogP contribution in [0, 0.1) is 19.4 Å². The molecular formula is C92H91Br6Cl8N5O13S3Si. The number of alkyl halides is 1. The van der Waals surface area contributed by atoms with E-state index in [0.29, 0.717) is 91.9 Å². The summed E-state index contributed by atoms with van der Waals surface area (Å²) in [5.41, 5.74) is 13.2. The summed E-state index contributed by atoms with van der Waals surface area (Å²) in [4.78, 5) is 59.0. The molecule has 11 aromatic rings. The van der Waals surface area contributed by atoms with Gasteiger partial charge in [0.2, 0.25) is 12.3 Å². The third-order valence-electron chi connectivity index (χ3n) is 20.2. The average molecular weight is 2360 g/mol. The highest BCUT2D eigenvalue weighted by atomic mass is 79.9. The number of thiophene rings is 2. The zero-order valence-corrected chi connectivity index (χ0v) is 89.1. The number of hydrogen-bond donors (Lipinski definition) is 4. The van der Waals surface area contributed by atoms with E-state index in [-0.39, 0.29) is 60.2 Å². The molecule has 2 unspecified atom stereocenters. The molecule has 18 nitrogen and oxygen atoms in total. The summed E-state index contributed by atoms with van der Waals surface area (Å²) in [6, 6.07) is 48.9. The van der Waals surface area contributed by atoms with Gasteiger partial charge in [-0.1, -0.05) is 227 Å². The number of aldehydes is 2. The molecule has 3 aromatic heterocycles. The number of nitrogens with one attached hydrogen (secondary N) is 1. The van der Waals surface area contributed by atoms with E-state index >= 15 is 0 Å². The minimum atomic E-state index is -4.10. The first-order valence-electron chi connectivity index (χ1n) is 39.2. The number of carbonyl (C=O) groups excluding carboxylic acids is 4. The maximum Gasteiger partial charge on any atom is 0.333 e. The summed E-state index contributed by atoms with van der Waals surface area (Å²) in [5, 5.41) is 37.4. The van der Waals surface area contributed by atoms with Gasteiger partial charge in [-0.15, -0.1) is 22.7 Å². The van der Waals surface area contributed by atoms with Gasteiger partial charge in [0.1, 0.15) is 24.4 Å². The number of fused-ring (bicyclic) bond motifs is 2. The molecule has 1 saturated carbocycles. The van der Waals surface area contributed by atoms with Crippen LogP contribution in [-0.4, -0.2) is 114 Å². The van der Waals surface area contributed by atoms with Crippen molar-refractivity contribution in [2.75, 3.05) is 45.5 Å². The van der Waals surface area contributed by atoms with E-state index in [0.717, 1.165) is 125 Å². The predicted molar refractivity (Wildman–Crippen MR) is 544 cm³/mol. The second-order valence-electron chi connectivity index (χ2n) is 30.0. The molecule has 0 radical (unpaired) electrons. The van der Waals surface area contributed by atoms with E-state index in [1.807, 2.05) is 145 Å². The van der Waals surface area contributed by atoms with E-state index in [2.05, 4.69) is 165 Å². The Morgan fingerprint density at radius 3 is 1.64 bits per heavy atom. The highest BCUT2D eigenvalue weighted by Gasteiger charge is 2.38. The average Bonchev–Trinajstić information content (AvgIpc) is 1.55. The van der Waals surface area contributed by atoms with Crippen molar-refractivity contribution in [1.82, 2.24) is 9.97 Å². The van der Waals surface area contributed by atoms with Gasteiger partial charge in [0, 0.05) is 91.4 Å². The van der Waals surface area contributed by atoms with Gasteiger partial charge in [0.15, 0.2) is 20.9 Å². The van der Waals surface area contributed by atoms with Gasteiger partial charge >= 0.3 is 16.3 Å². The van der Waals surface area contributed by atoms with Gasteiger partial charge in [0.05, 0.1) is 84.9 Å².